The van der Waals surface area contributed by atoms with Gasteiger partial charge in [0, 0.05) is 18.7 Å². The Balaban J connectivity index is 1.64. The Morgan fingerprint density at radius 2 is 1.88 bits per heavy atom. The molecule has 24 heavy (non-hydrogen) atoms. The van der Waals surface area contributed by atoms with E-state index in [0.29, 0.717) is 18.4 Å². The van der Waals surface area contributed by atoms with E-state index in [-0.39, 0.29) is 17.3 Å². The van der Waals surface area contributed by atoms with Crippen molar-refractivity contribution < 1.29 is 4.79 Å². The number of anilines is 1. The lowest BCUT2D eigenvalue weighted by molar-refractivity contribution is 0.250. The van der Waals surface area contributed by atoms with Gasteiger partial charge in [-0.1, -0.05) is 43.2 Å². The lowest BCUT2D eigenvalue weighted by Crippen LogP contribution is -2.35. The van der Waals surface area contributed by atoms with Crippen LogP contribution in [-0.4, -0.2) is 17.6 Å². The smallest absolute Gasteiger partial charge is 0.319 e. The summed E-state index contributed by atoms with van der Waals surface area (Å²) < 4.78 is 0. The SMILES string of the molecule is O=C(NC[C@@H](c1ccccc1)C1CCCC1)Nc1ccc[nH]c1=O. The Morgan fingerprint density at radius 1 is 1.12 bits per heavy atom. The zero-order valence-corrected chi connectivity index (χ0v) is 13.6. The highest BCUT2D eigenvalue weighted by molar-refractivity contribution is 5.88. The van der Waals surface area contributed by atoms with Crippen LogP contribution in [0, 0.1) is 5.92 Å². The second-order valence-corrected chi connectivity index (χ2v) is 6.31. The first kappa shape index (κ1) is 16.3. The van der Waals surface area contributed by atoms with Gasteiger partial charge in [-0.2, -0.15) is 0 Å². The number of urea groups is 1. The molecule has 0 radical (unpaired) electrons. The highest BCUT2D eigenvalue weighted by atomic mass is 16.2. The molecule has 2 amide bonds. The molecule has 1 atom stereocenters. The number of aromatic amines is 1. The van der Waals surface area contributed by atoms with Crippen molar-refractivity contribution in [2.24, 2.45) is 5.92 Å². The third-order valence-corrected chi connectivity index (χ3v) is 4.75. The summed E-state index contributed by atoms with van der Waals surface area (Å²) in [5.41, 5.74) is 1.22. The molecule has 0 saturated heterocycles. The number of benzene rings is 1. The van der Waals surface area contributed by atoms with Gasteiger partial charge in [-0.05, 0) is 36.5 Å². The van der Waals surface area contributed by atoms with E-state index in [1.807, 2.05) is 18.2 Å². The fraction of sp³-hybridized carbons (Fsp3) is 0.368. The van der Waals surface area contributed by atoms with Crippen LogP contribution in [0.5, 0.6) is 0 Å². The highest BCUT2D eigenvalue weighted by Crippen LogP contribution is 2.36. The van der Waals surface area contributed by atoms with Crippen molar-refractivity contribution in [2.45, 2.75) is 31.6 Å². The van der Waals surface area contributed by atoms with E-state index in [4.69, 9.17) is 0 Å². The maximum atomic E-state index is 12.1. The van der Waals surface area contributed by atoms with E-state index in [2.05, 4.69) is 27.8 Å². The summed E-state index contributed by atoms with van der Waals surface area (Å²) in [4.78, 5) is 26.3. The number of nitrogens with one attached hydrogen (secondary N) is 3. The molecule has 0 bridgehead atoms. The molecule has 5 heteroatoms. The number of amides is 2. The van der Waals surface area contributed by atoms with E-state index in [1.165, 1.54) is 37.4 Å². The second kappa shape index (κ2) is 7.81. The van der Waals surface area contributed by atoms with Gasteiger partial charge in [0.25, 0.3) is 5.56 Å². The van der Waals surface area contributed by atoms with Crippen LogP contribution in [0.2, 0.25) is 0 Å². The normalized spacial score (nSPS) is 15.8. The van der Waals surface area contributed by atoms with Gasteiger partial charge in [0.15, 0.2) is 0 Å². The third kappa shape index (κ3) is 4.04. The van der Waals surface area contributed by atoms with Gasteiger partial charge in [0.05, 0.1) is 0 Å². The predicted molar refractivity (Wildman–Crippen MR) is 95.2 cm³/mol. The molecular weight excluding hydrogens is 302 g/mol. The van der Waals surface area contributed by atoms with Crippen molar-refractivity contribution in [3.63, 3.8) is 0 Å². The van der Waals surface area contributed by atoms with Crippen LogP contribution in [0.25, 0.3) is 0 Å². The maximum Gasteiger partial charge on any atom is 0.319 e. The number of hydrogen-bond acceptors (Lipinski definition) is 2. The zero-order chi connectivity index (χ0) is 16.8. The molecule has 1 aliphatic carbocycles. The van der Waals surface area contributed by atoms with Gasteiger partial charge in [-0.3, -0.25) is 4.79 Å². The fourth-order valence-electron chi connectivity index (χ4n) is 3.51. The summed E-state index contributed by atoms with van der Waals surface area (Å²) in [7, 11) is 0. The molecule has 1 fully saturated rings. The van der Waals surface area contributed by atoms with Gasteiger partial charge < -0.3 is 15.6 Å². The summed E-state index contributed by atoms with van der Waals surface area (Å²) >= 11 is 0. The summed E-state index contributed by atoms with van der Waals surface area (Å²) in [6.45, 7) is 0.575. The minimum absolute atomic E-state index is 0.257. The summed E-state index contributed by atoms with van der Waals surface area (Å²) in [5.74, 6) is 0.918. The predicted octanol–water partition coefficient (Wildman–Crippen LogP) is 3.47. The average molecular weight is 325 g/mol. The first-order valence-corrected chi connectivity index (χ1v) is 8.51. The van der Waals surface area contributed by atoms with E-state index < -0.39 is 0 Å². The lowest BCUT2D eigenvalue weighted by Gasteiger charge is -2.24. The Bertz CT molecular complexity index is 721. The quantitative estimate of drug-likeness (QED) is 0.787. The van der Waals surface area contributed by atoms with E-state index in [0.717, 1.165) is 0 Å². The lowest BCUT2D eigenvalue weighted by atomic mass is 9.85. The topological polar surface area (TPSA) is 74.0 Å². The molecular formula is C19H23N3O2. The van der Waals surface area contributed by atoms with Crippen LogP contribution >= 0.6 is 0 Å². The third-order valence-electron chi connectivity index (χ3n) is 4.75. The Morgan fingerprint density at radius 3 is 2.58 bits per heavy atom. The molecule has 2 aromatic rings. The monoisotopic (exact) mass is 325 g/mol. The molecule has 3 N–H and O–H groups in total. The largest absolute Gasteiger partial charge is 0.337 e. The molecule has 0 spiro atoms. The minimum atomic E-state index is -0.342. The van der Waals surface area contributed by atoms with Crippen molar-refractivity contribution in [1.29, 1.82) is 0 Å². The van der Waals surface area contributed by atoms with Gasteiger partial charge in [-0.15, -0.1) is 0 Å². The Hall–Kier alpha value is -2.56. The van der Waals surface area contributed by atoms with Crippen LogP contribution in [0.15, 0.2) is 53.5 Å². The van der Waals surface area contributed by atoms with Crippen LogP contribution in [-0.2, 0) is 0 Å². The molecule has 1 aromatic carbocycles. The maximum absolute atomic E-state index is 12.1. The molecule has 126 valence electrons. The molecule has 0 unspecified atom stereocenters. The number of hydrogen-bond donors (Lipinski definition) is 3. The van der Waals surface area contributed by atoms with Crippen LogP contribution < -0.4 is 16.2 Å². The molecule has 1 saturated carbocycles. The van der Waals surface area contributed by atoms with Crippen molar-refractivity contribution in [1.82, 2.24) is 10.3 Å². The zero-order valence-electron chi connectivity index (χ0n) is 13.6. The highest BCUT2D eigenvalue weighted by Gasteiger charge is 2.26. The first-order valence-electron chi connectivity index (χ1n) is 8.51. The molecule has 3 rings (SSSR count). The number of H-pyrrole nitrogens is 1. The van der Waals surface area contributed by atoms with Crippen molar-refractivity contribution in [2.75, 3.05) is 11.9 Å². The van der Waals surface area contributed by atoms with Gasteiger partial charge in [0.2, 0.25) is 0 Å². The molecule has 1 aromatic heterocycles. The van der Waals surface area contributed by atoms with E-state index in [9.17, 15) is 9.59 Å². The second-order valence-electron chi connectivity index (χ2n) is 6.31. The molecule has 0 aliphatic heterocycles. The number of aromatic nitrogens is 1. The van der Waals surface area contributed by atoms with Gasteiger partial charge >= 0.3 is 6.03 Å². The molecule has 5 nitrogen and oxygen atoms in total. The van der Waals surface area contributed by atoms with E-state index >= 15 is 0 Å². The summed E-state index contributed by atoms with van der Waals surface area (Å²) in [6, 6.07) is 13.3. The number of pyridine rings is 1. The number of carbonyl (C=O) groups is 1. The molecule has 1 heterocycles. The number of rotatable bonds is 5. The minimum Gasteiger partial charge on any atom is -0.337 e. The molecule has 1 aliphatic rings. The Labute approximate surface area is 141 Å². The average Bonchev–Trinajstić information content (AvgIpc) is 3.12. The van der Waals surface area contributed by atoms with Gasteiger partial charge in [-0.25, -0.2) is 4.79 Å². The van der Waals surface area contributed by atoms with Crippen molar-refractivity contribution in [3.8, 4) is 0 Å². The van der Waals surface area contributed by atoms with Crippen LogP contribution in [0.3, 0.4) is 0 Å². The van der Waals surface area contributed by atoms with E-state index in [1.54, 1.807) is 12.1 Å². The van der Waals surface area contributed by atoms with Crippen molar-refractivity contribution >= 4 is 11.7 Å². The van der Waals surface area contributed by atoms with Crippen molar-refractivity contribution in [3.05, 3.63) is 64.6 Å². The Kier molecular flexibility index (Phi) is 5.31. The number of carbonyl (C=O) groups excluding carboxylic acids is 1. The van der Waals surface area contributed by atoms with Crippen LogP contribution in [0.1, 0.15) is 37.2 Å². The summed E-state index contributed by atoms with van der Waals surface area (Å²) in [5, 5.41) is 5.54. The van der Waals surface area contributed by atoms with Crippen LogP contribution in [0.4, 0.5) is 10.5 Å². The standard InChI is InChI=1S/C19H23N3O2/c23-18-17(11-6-12-20-18)22-19(24)21-13-16(15-9-4-5-10-15)14-7-2-1-3-8-14/h1-3,6-8,11-12,15-16H,4-5,9-10,13H2,(H,20,23)(H2,21,22,24)/t16-/m0/s1. The fourth-order valence-corrected chi connectivity index (χ4v) is 3.51. The summed E-state index contributed by atoms with van der Waals surface area (Å²) in [6.07, 6.45) is 6.48. The van der Waals surface area contributed by atoms with Gasteiger partial charge in [0.1, 0.15) is 5.69 Å². The first-order chi connectivity index (χ1) is 11.7.